The summed E-state index contributed by atoms with van der Waals surface area (Å²) in [6.45, 7) is -0.385. The average molecular weight is 411 g/mol. The van der Waals surface area contributed by atoms with Crippen molar-refractivity contribution in [2.24, 2.45) is 0 Å². The first-order chi connectivity index (χ1) is 13.6. The summed E-state index contributed by atoms with van der Waals surface area (Å²) in [4.78, 5) is 8.83. The van der Waals surface area contributed by atoms with Gasteiger partial charge in [0, 0.05) is 12.1 Å². The Hall–Kier alpha value is -1.45. The van der Waals surface area contributed by atoms with E-state index in [1.165, 1.54) is 38.4 Å². The summed E-state index contributed by atoms with van der Waals surface area (Å²) in [6.07, 6.45) is 5.87. The zero-order valence-electron chi connectivity index (χ0n) is 15.7. The molecule has 8 nitrogen and oxygen atoms in total. The average Bonchev–Trinajstić information content (AvgIpc) is 3.19. The maximum absolute atomic E-state index is 10.3. The SMILES string of the molecule is OC[C@H]1OC(n2cnc3c(NC4CCCCCCC4)cc(Cl)nc32)[C@H](O)[C@@H]1O. The molecule has 0 amide bonds. The summed E-state index contributed by atoms with van der Waals surface area (Å²) >= 11 is 6.27. The zero-order chi connectivity index (χ0) is 19.7. The number of nitrogens with zero attached hydrogens (tertiary/aromatic N) is 3. The first-order valence-electron chi connectivity index (χ1n) is 10.0. The van der Waals surface area contributed by atoms with Crippen LogP contribution in [-0.2, 0) is 4.74 Å². The smallest absolute Gasteiger partial charge is 0.165 e. The van der Waals surface area contributed by atoms with Crippen LogP contribution in [0.15, 0.2) is 12.4 Å². The van der Waals surface area contributed by atoms with Gasteiger partial charge in [-0.1, -0.05) is 43.7 Å². The van der Waals surface area contributed by atoms with Crippen molar-refractivity contribution in [1.82, 2.24) is 14.5 Å². The third-order valence-corrected chi connectivity index (χ3v) is 5.95. The second-order valence-corrected chi connectivity index (χ2v) is 8.12. The fourth-order valence-corrected chi connectivity index (χ4v) is 4.39. The molecule has 1 aliphatic carbocycles. The largest absolute Gasteiger partial charge is 0.394 e. The van der Waals surface area contributed by atoms with E-state index in [9.17, 15) is 15.3 Å². The third kappa shape index (κ3) is 3.84. The van der Waals surface area contributed by atoms with Crippen LogP contribution in [0.4, 0.5) is 5.69 Å². The second-order valence-electron chi connectivity index (χ2n) is 7.73. The minimum Gasteiger partial charge on any atom is -0.394 e. The summed E-state index contributed by atoms with van der Waals surface area (Å²) in [6, 6.07) is 2.14. The fraction of sp³-hybridized carbons (Fsp3) is 0.684. The van der Waals surface area contributed by atoms with Gasteiger partial charge in [-0.15, -0.1) is 0 Å². The van der Waals surface area contributed by atoms with E-state index in [0.717, 1.165) is 18.5 Å². The number of nitrogens with one attached hydrogen (secondary N) is 1. The Balaban J connectivity index is 1.63. The highest BCUT2D eigenvalue weighted by Gasteiger charge is 2.44. The Morgan fingerprint density at radius 2 is 1.86 bits per heavy atom. The van der Waals surface area contributed by atoms with E-state index in [2.05, 4.69) is 15.3 Å². The Bertz CT molecular complexity index is 809. The fourth-order valence-electron chi connectivity index (χ4n) is 4.20. The van der Waals surface area contributed by atoms with Gasteiger partial charge < -0.3 is 25.4 Å². The lowest BCUT2D eigenvalue weighted by molar-refractivity contribution is -0.0511. The predicted molar refractivity (Wildman–Crippen MR) is 105 cm³/mol. The molecule has 9 heteroatoms. The minimum absolute atomic E-state index is 0.314. The summed E-state index contributed by atoms with van der Waals surface area (Å²) in [5.41, 5.74) is 1.92. The normalized spacial score (nSPS) is 29.7. The van der Waals surface area contributed by atoms with Crippen LogP contribution in [0.1, 0.15) is 51.2 Å². The van der Waals surface area contributed by atoms with E-state index >= 15 is 0 Å². The molecule has 2 aromatic rings. The summed E-state index contributed by atoms with van der Waals surface area (Å²) in [5, 5.41) is 33.6. The van der Waals surface area contributed by atoms with Crippen LogP contribution < -0.4 is 5.32 Å². The molecule has 0 spiro atoms. The topological polar surface area (TPSA) is 113 Å². The first kappa shape index (κ1) is 19.8. The summed E-state index contributed by atoms with van der Waals surface area (Å²) in [5.74, 6) is 0. The number of hydrogen-bond donors (Lipinski definition) is 4. The van der Waals surface area contributed by atoms with Crippen molar-refractivity contribution in [3.05, 3.63) is 17.5 Å². The molecule has 4 rings (SSSR count). The number of rotatable bonds is 4. The Labute approximate surface area is 168 Å². The van der Waals surface area contributed by atoms with Crippen LogP contribution in [0, 0.1) is 0 Å². The van der Waals surface area contributed by atoms with E-state index in [-0.39, 0.29) is 6.61 Å². The van der Waals surface area contributed by atoms with Gasteiger partial charge in [0.05, 0.1) is 18.6 Å². The molecule has 28 heavy (non-hydrogen) atoms. The number of aromatic nitrogens is 3. The lowest BCUT2D eigenvalue weighted by atomic mass is 9.96. The number of ether oxygens (including phenoxy) is 1. The maximum Gasteiger partial charge on any atom is 0.165 e. The Morgan fingerprint density at radius 1 is 1.14 bits per heavy atom. The third-order valence-electron chi connectivity index (χ3n) is 5.75. The van der Waals surface area contributed by atoms with Crippen molar-refractivity contribution in [3.63, 3.8) is 0 Å². The van der Waals surface area contributed by atoms with Crippen LogP contribution in [-0.4, -0.2) is 60.8 Å². The van der Waals surface area contributed by atoms with E-state index in [1.807, 2.05) is 0 Å². The van der Waals surface area contributed by atoms with Crippen molar-refractivity contribution >= 4 is 28.5 Å². The molecule has 0 radical (unpaired) electrons. The van der Waals surface area contributed by atoms with E-state index < -0.39 is 24.5 Å². The molecule has 3 heterocycles. The molecule has 154 valence electrons. The number of fused-ring (bicyclic) bond motifs is 1. The second kappa shape index (κ2) is 8.51. The van der Waals surface area contributed by atoms with Gasteiger partial charge >= 0.3 is 0 Å². The van der Waals surface area contributed by atoms with E-state index in [1.54, 1.807) is 10.6 Å². The van der Waals surface area contributed by atoms with Gasteiger partial charge in [-0.3, -0.25) is 4.57 Å². The molecule has 1 saturated carbocycles. The zero-order valence-corrected chi connectivity index (χ0v) is 16.4. The highest BCUT2D eigenvalue weighted by Crippen LogP contribution is 2.34. The molecule has 1 saturated heterocycles. The summed E-state index contributed by atoms with van der Waals surface area (Å²) < 4.78 is 7.18. The van der Waals surface area contributed by atoms with Crippen molar-refractivity contribution < 1.29 is 20.1 Å². The van der Waals surface area contributed by atoms with Gasteiger partial charge in [-0.05, 0) is 12.8 Å². The molecule has 2 aromatic heterocycles. The number of anilines is 1. The summed E-state index contributed by atoms with van der Waals surface area (Å²) in [7, 11) is 0. The number of imidazole rings is 1. The maximum atomic E-state index is 10.3. The molecule has 1 unspecified atom stereocenters. The standard InChI is InChI=1S/C19H27ClN4O4/c20-14-8-12(22-11-6-4-2-1-3-5-7-11)15-18(23-14)24(10-21-15)19-17(27)16(26)13(9-25)28-19/h8,10-11,13,16-17,19,25-27H,1-7,9H2,(H,22,23)/t13-,16-,17-,19?/m1/s1. The molecule has 2 aliphatic rings. The molecular formula is C19H27ClN4O4. The van der Waals surface area contributed by atoms with Gasteiger partial charge in [0.25, 0.3) is 0 Å². The van der Waals surface area contributed by atoms with Crippen LogP contribution in [0.3, 0.4) is 0 Å². The molecule has 0 aromatic carbocycles. The molecule has 1 aliphatic heterocycles. The van der Waals surface area contributed by atoms with Crippen LogP contribution >= 0.6 is 11.6 Å². The van der Waals surface area contributed by atoms with Gasteiger partial charge in [-0.2, -0.15) is 0 Å². The monoisotopic (exact) mass is 410 g/mol. The molecular weight excluding hydrogens is 384 g/mol. The van der Waals surface area contributed by atoms with Gasteiger partial charge in [0.2, 0.25) is 0 Å². The lowest BCUT2D eigenvalue weighted by Gasteiger charge is -2.22. The van der Waals surface area contributed by atoms with E-state index in [0.29, 0.717) is 22.4 Å². The Morgan fingerprint density at radius 3 is 2.54 bits per heavy atom. The highest BCUT2D eigenvalue weighted by atomic mass is 35.5. The predicted octanol–water partition coefficient (Wildman–Crippen LogP) is 2.22. The number of aliphatic hydroxyl groups is 3. The number of aliphatic hydroxyl groups excluding tert-OH is 3. The van der Waals surface area contributed by atoms with Crippen LogP contribution in [0.5, 0.6) is 0 Å². The van der Waals surface area contributed by atoms with Crippen molar-refractivity contribution in [3.8, 4) is 0 Å². The van der Waals surface area contributed by atoms with Gasteiger partial charge in [-0.25, -0.2) is 9.97 Å². The van der Waals surface area contributed by atoms with Crippen molar-refractivity contribution in [2.45, 2.75) is 75.5 Å². The van der Waals surface area contributed by atoms with E-state index in [4.69, 9.17) is 16.3 Å². The minimum atomic E-state index is -1.20. The molecule has 0 bridgehead atoms. The number of hydrogen-bond acceptors (Lipinski definition) is 7. The highest BCUT2D eigenvalue weighted by molar-refractivity contribution is 6.30. The molecule has 4 N–H and O–H groups in total. The van der Waals surface area contributed by atoms with Crippen molar-refractivity contribution in [1.29, 1.82) is 0 Å². The first-order valence-corrected chi connectivity index (χ1v) is 10.4. The van der Waals surface area contributed by atoms with Gasteiger partial charge in [0.15, 0.2) is 11.9 Å². The van der Waals surface area contributed by atoms with Gasteiger partial charge in [0.1, 0.15) is 29.0 Å². The Kier molecular flexibility index (Phi) is 6.03. The number of halogens is 1. The van der Waals surface area contributed by atoms with Crippen LogP contribution in [0.25, 0.3) is 11.2 Å². The number of pyridine rings is 1. The van der Waals surface area contributed by atoms with Crippen molar-refractivity contribution in [2.75, 3.05) is 11.9 Å². The molecule has 2 fully saturated rings. The lowest BCUT2D eigenvalue weighted by Crippen LogP contribution is -2.33. The quantitative estimate of drug-likeness (QED) is 0.571. The van der Waals surface area contributed by atoms with Crippen LogP contribution in [0.2, 0.25) is 5.15 Å². The molecule has 4 atom stereocenters.